The minimum atomic E-state index is -0.443. The molecule has 0 saturated carbocycles. The van der Waals surface area contributed by atoms with Crippen LogP contribution < -0.4 is 0 Å². The number of esters is 2. The summed E-state index contributed by atoms with van der Waals surface area (Å²) in [5, 5.41) is 0. The summed E-state index contributed by atoms with van der Waals surface area (Å²) < 4.78 is 10.8. The van der Waals surface area contributed by atoms with Crippen molar-refractivity contribution in [2.45, 2.75) is 110 Å². The van der Waals surface area contributed by atoms with Gasteiger partial charge in [0.05, 0.1) is 24.3 Å². The number of benzene rings is 1. The average Bonchev–Trinajstić information content (AvgIpc) is 2.79. The van der Waals surface area contributed by atoms with Crippen molar-refractivity contribution in [1.82, 2.24) is 0 Å². The van der Waals surface area contributed by atoms with Crippen LogP contribution in [0.15, 0.2) is 24.3 Å². The first-order valence-electron chi connectivity index (χ1n) is 12.6. The van der Waals surface area contributed by atoms with Gasteiger partial charge in [-0.1, -0.05) is 109 Å². The lowest BCUT2D eigenvalue weighted by atomic mass is 10.1. The third-order valence-electron chi connectivity index (χ3n) is 5.58. The van der Waals surface area contributed by atoms with E-state index in [0.29, 0.717) is 24.3 Å². The van der Waals surface area contributed by atoms with E-state index in [-0.39, 0.29) is 0 Å². The van der Waals surface area contributed by atoms with Crippen LogP contribution in [0.5, 0.6) is 0 Å². The quantitative estimate of drug-likeness (QED) is 0.165. The van der Waals surface area contributed by atoms with E-state index >= 15 is 0 Å². The molecular formula is C27H44O4. The van der Waals surface area contributed by atoms with Crippen LogP contribution in [0.4, 0.5) is 0 Å². The van der Waals surface area contributed by atoms with E-state index in [1.807, 2.05) is 0 Å². The Balaban J connectivity index is 2.23. The molecule has 0 fully saturated rings. The topological polar surface area (TPSA) is 52.6 Å². The molecule has 0 heterocycles. The highest BCUT2D eigenvalue weighted by Crippen LogP contribution is 2.14. The molecule has 0 bridgehead atoms. The molecule has 0 aliphatic heterocycles. The van der Waals surface area contributed by atoms with Gasteiger partial charge < -0.3 is 9.47 Å². The van der Waals surface area contributed by atoms with Crippen LogP contribution in [0.2, 0.25) is 0 Å². The number of hydrogen-bond acceptors (Lipinski definition) is 4. The molecule has 0 aliphatic rings. The van der Waals surface area contributed by atoms with Crippen LogP contribution in [0.1, 0.15) is 131 Å². The average molecular weight is 433 g/mol. The van der Waals surface area contributed by atoms with E-state index < -0.39 is 11.9 Å². The van der Waals surface area contributed by atoms with E-state index in [9.17, 15) is 9.59 Å². The van der Waals surface area contributed by atoms with Crippen molar-refractivity contribution in [2.24, 2.45) is 0 Å². The van der Waals surface area contributed by atoms with E-state index in [2.05, 4.69) is 13.8 Å². The maximum absolute atomic E-state index is 12.4. The normalized spacial score (nSPS) is 10.8. The zero-order chi connectivity index (χ0) is 22.6. The summed E-state index contributed by atoms with van der Waals surface area (Å²) in [5.41, 5.74) is 0.592. The molecule has 0 aromatic heterocycles. The van der Waals surface area contributed by atoms with E-state index in [4.69, 9.17) is 9.47 Å². The van der Waals surface area contributed by atoms with Crippen molar-refractivity contribution in [3.05, 3.63) is 35.4 Å². The summed E-state index contributed by atoms with van der Waals surface area (Å²) in [4.78, 5) is 24.8. The summed E-state index contributed by atoms with van der Waals surface area (Å²) in [5.74, 6) is -0.881. The van der Waals surface area contributed by atoms with Gasteiger partial charge in [-0.3, -0.25) is 0 Å². The first-order valence-corrected chi connectivity index (χ1v) is 12.6. The van der Waals surface area contributed by atoms with Gasteiger partial charge >= 0.3 is 11.9 Å². The summed E-state index contributed by atoms with van der Waals surface area (Å²) in [7, 11) is 0. The van der Waals surface area contributed by atoms with E-state index in [0.717, 1.165) is 32.1 Å². The Hall–Kier alpha value is -1.84. The standard InChI is InChI=1S/C27H44O4/c1-3-5-7-9-10-11-12-13-15-19-23-31-27(29)25-21-17-16-20-24(25)26(28)30-22-18-14-8-6-4-2/h16-17,20-21H,3-15,18-19,22-23H2,1-2H3. The van der Waals surface area contributed by atoms with Crippen LogP contribution >= 0.6 is 0 Å². The molecule has 0 atom stereocenters. The fourth-order valence-electron chi connectivity index (χ4n) is 3.62. The largest absolute Gasteiger partial charge is 0.462 e. The smallest absolute Gasteiger partial charge is 0.339 e. The minimum Gasteiger partial charge on any atom is -0.462 e. The maximum Gasteiger partial charge on any atom is 0.339 e. The molecule has 4 nitrogen and oxygen atoms in total. The first kappa shape index (κ1) is 27.2. The highest BCUT2D eigenvalue weighted by atomic mass is 16.5. The molecule has 0 radical (unpaired) electrons. The van der Waals surface area contributed by atoms with Crippen LogP contribution in [0, 0.1) is 0 Å². The van der Waals surface area contributed by atoms with Gasteiger partial charge in [0, 0.05) is 0 Å². The maximum atomic E-state index is 12.4. The van der Waals surface area contributed by atoms with Crippen molar-refractivity contribution in [3.8, 4) is 0 Å². The summed E-state index contributed by atoms with van der Waals surface area (Å²) in [6, 6.07) is 6.77. The lowest BCUT2D eigenvalue weighted by Crippen LogP contribution is -2.15. The molecule has 31 heavy (non-hydrogen) atoms. The van der Waals surface area contributed by atoms with Gasteiger partial charge in [0.25, 0.3) is 0 Å². The Morgan fingerprint density at radius 2 is 0.871 bits per heavy atom. The molecule has 0 unspecified atom stereocenters. The third-order valence-corrected chi connectivity index (χ3v) is 5.58. The number of hydrogen-bond donors (Lipinski definition) is 0. The van der Waals surface area contributed by atoms with Crippen molar-refractivity contribution < 1.29 is 19.1 Å². The van der Waals surface area contributed by atoms with Gasteiger partial charge in [-0.2, -0.15) is 0 Å². The fraction of sp³-hybridized carbons (Fsp3) is 0.704. The molecule has 0 amide bonds. The van der Waals surface area contributed by atoms with Gasteiger partial charge in [0.15, 0.2) is 0 Å². The minimum absolute atomic E-state index is 0.295. The van der Waals surface area contributed by atoms with Crippen molar-refractivity contribution in [1.29, 1.82) is 0 Å². The highest BCUT2D eigenvalue weighted by molar-refractivity contribution is 6.03. The van der Waals surface area contributed by atoms with Gasteiger partial charge in [0.2, 0.25) is 0 Å². The van der Waals surface area contributed by atoms with Crippen molar-refractivity contribution in [3.63, 3.8) is 0 Å². The lowest BCUT2D eigenvalue weighted by Gasteiger charge is -2.10. The highest BCUT2D eigenvalue weighted by Gasteiger charge is 2.18. The Kier molecular flexibility index (Phi) is 16.6. The van der Waals surface area contributed by atoms with Gasteiger partial charge in [-0.05, 0) is 25.0 Å². The van der Waals surface area contributed by atoms with Crippen LogP contribution in [0.3, 0.4) is 0 Å². The Labute approximate surface area is 190 Å². The SMILES string of the molecule is CCCCCCCCCCCCOC(=O)c1ccccc1C(=O)OCCCCCCC. The molecule has 0 aliphatic carbocycles. The summed E-state index contributed by atoms with van der Waals surface area (Å²) in [6.07, 6.45) is 17.9. The van der Waals surface area contributed by atoms with Crippen molar-refractivity contribution in [2.75, 3.05) is 13.2 Å². The second-order valence-electron chi connectivity index (χ2n) is 8.41. The predicted octanol–water partition coefficient (Wildman–Crippen LogP) is 7.89. The molecule has 4 heteroatoms. The molecular weight excluding hydrogens is 388 g/mol. The zero-order valence-electron chi connectivity index (χ0n) is 20.0. The number of carbonyl (C=O) groups is 2. The fourth-order valence-corrected chi connectivity index (χ4v) is 3.62. The molecule has 0 spiro atoms. The Morgan fingerprint density at radius 3 is 1.23 bits per heavy atom. The number of ether oxygens (including phenoxy) is 2. The van der Waals surface area contributed by atoms with E-state index in [1.54, 1.807) is 24.3 Å². The van der Waals surface area contributed by atoms with Crippen LogP contribution in [-0.2, 0) is 9.47 Å². The van der Waals surface area contributed by atoms with Crippen LogP contribution in [0.25, 0.3) is 0 Å². The molecule has 0 N–H and O–H groups in total. The van der Waals surface area contributed by atoms with Crippen LogP contribution in [-0.4, -0.2) is 25.2 Å². The Morgan fingerprint density at radius 1 is 0.548 bits per heavy atom. The van der Waals surface area contributed by atoms with Gasteiger partial charge in [0.1, 0.15) is 0 Å². The lowest BCUT2D eigenvalue weighted by molar-refractivity contribution is 0.0450. The van der Waals surface area contributed by atoms with Gasteiger partial charge in [-0.25, -0.2) is 9.59 Å². The number of unbranched alkanes of at least 4 members (excludes halogenated alkanes) is 13. The Bertz CT molecular complexity index is 597. The number of carbonyl (C=O) groups excluding carboxylic acids is 2. The van der Waals surface area contributed by atoms with Gasteiger partial charge in [-0.15, -0.1) is 0 Å². The summed E-state index contributed by atoms with van der Waals surface area (Å²) >= 11 is 0. The predicted molar refractivity (Wildman–Crippen MR) is 128 cm³/mol. The molecule has 1 aromatic carbocycles. The molecule has 176 valence electrons. The monoisotopic (exact) mass is 432 g/mol. The second-order valence-corrected chi connectivity index (χ2v) is 8.41. The van der Waals surface area contributed by atoms with Crippen molar-refractivity contribution >= 4 is 11.9 Å². The first-order chi connectivity index (χ1) is 15.2. The molecule has 1 rings (SSSR count). The molecule has 0 saturated heterocycles. The zero-order valence-corrected chi connectivity index (χ0v) is 20.0. The molecule has 1 aromatic rings. The number of rotatable bonds is 19. The second kappa shape index (κ2) is 18.9. The van der Waals surface area contributed by atoms with E-state index in [1.165, 1.54) is 64.2 Å². The summed E-state index contributed by atoms with van der Waals surface area (Å²) in [6.45, 7) is 5.21. The third kappa shape index (κ3) is 13.2.